The molecule has 0 amide bonds. The number of nitrogens with zero attached hydrogens (tertiary/aromatic N) is 2. The van der Waals surface area contributed by atoms with E-state index in [9.17, 15) is 4.79 Å². The average molecular weight is 200 g/mol. The number of carbonyl (C=O) groups is 1. The summed E-state index contributed by atoms with van der Waals surface area (Å²) in [7, 11) is 1.73. The molecule has 2 rings (SSSR count). The number of para-hydroxylation sites is 1. The number of nitriles is 1. The predicted octanol–water partition coefficient (Wildman–Crippen LogP) is 1.75. The van der Waals surface area contributed by atoms with Gasteiger partial charge in [-0.25, -0.2) is 4.79 Å². The minimum Gasteiger partial charge on any atom is -0.478 e. The van der Waals surface area contributed by atoms with Gasteiger partial charge in [0.1, 0.15) is 6.07 Å². The van der Waals surface area contributed by atoms with E-state index in [1.807, 2.05) is 6.07 Å². The SMILES string of the molecule is Cn1cc(C(=O)O)c2cccc(C#N)c21. The summed E-state index contributed by atoms with van der Waals surface area (Å²) in [6, 6.07) is 7.12. The van der Waals surface area contributed by atoms with E-state index >= 15 is 0 Å². The summed E-state index contributed by atoms with van der Waals surface area (Å²) in [4.78, 5) is 10.9. The average Bonchev–Trinajstić information content (AvgIpc) is 2.56. The van der Waals surface area contributed by atoms with Gasteiger partial charge in [-0.3, -0.25) is 0 Å². The zero-order chi connectivity index (χ0) is 11.0. The van der Waals surface area contributed by atoms with Crippen LogP contribution in [0.25, 0.3) is 10.9 Å². The van der Waals surface area contributed by atoms with Crippen LogP contribution in [0.5, 0.6) is 0 Å². The van der Waals surface area contributed by atoms with Crippen LogP contribution in [0.3, 0.4) is 0 Å². The van der Waals surface area contributed by atoms with E-state index in [0.717, 1.165) is 0 Å². The van der Waals surface area contributed by atoms with Gasteiger partial charge in [0.25, 0.3) is 0 Å². The van der Waals surface area contributed by atoms with E-state index in [4.69, 9.17) is 10.4 Å². The Morgan fingerprint density at radius 2 is 2.27 bits per heavy atom. The monoisotopic (exact) mass is 200 g/mol. The van der Waals surface area contributed by atoms with Crippen molar-refractivity contribution in [3.8, 4) is 6.07 Å². The molecule has 0 saturated carbocycles. The standard InChI is InChI=1S/C11H8N2O2/c1-13-6-9(11(14)15)8-4-2-3-7(5-12)10(8)13/h2-4,6H,1H3,(H,14,15). The molecule has 0 fully saturated rings. The van der Waals surface area contributed by atoms with Crippen LogP contribution in [-0.4, -0.2) is 15.6 Å². The Balaban J connectivity index is 2.93. The van der Waals surface area contributed by atoms with Crippen molar-refractivity contribution in [3.63, 3.8) is 0 Å². The fourth-order valence-corrected chi connectivity index (χ4v) is 1.73. The minimum atomic E-state index is -0.976. The molecule has 0 radical (unpaired) electrons. The highest BCUT2D eigenvalue weighted by molar-refractivity contribution is 6.04. The van der Waals surface area contributed by atoms with Gasteiger partial charge in [0.15, 0.2) is 0 Å². The van der Waals surface area contributed by atoms with E-state index in [0.29, 0.717) is 16.5 Å². The van der Waals surface area contributed by atoms with Gasteiger partial charge in [-0.1, -0.05) is 12.1 Å². The molecule has 0 saturated heterocycles. The lowest BCUT2D eigenvalue weighted by atomic mass is 10.1. The van der Waals surface area contributed by atoms with Crippen LogP contribution in [0.2, 0.25) is 0 Å². The number of aryl methyl sites for hydroxylation is 1. The second-order valence-electron chi connectivity index (χ2n) is 3.27. The van der Waals surface area contributed by atoms with Crippen LogP contribution in [-0.2, 0) is 7.05 Å². The van der Waals surface area contributed by atoms with E-state index in [-0.39, 0.29) is 5.56 Å². The second-order valence-corrected chi connectivity index (χ2v) is 3.27. The fraction of sp³-hybridized carbons (Fsp3) is 0.0909. The van der Waals surface area contributed by atoms with Gasteiger partial charge in [0, 0.05) is 18.6 Å². The normalized spacial score (nSPS) is 10.1. The zero-order valence-corrected chi connectivity index (χ0v) is 8.06. The maximum Gasteiger partial charge on any atom is 0.337 e. The molecule has 1 heterocycles. The molecule has 0 aliphatic rings. The van der Waals surface area contributed by atoms with Crippen LogP contribution in [0.1, 0.15) is 15.9 Å². The number of carboxylic acids is 1. The highest BCUT2D eigenvalue weighted by Crippen LogP contribution is 2.23. The number of carboxylic acid groups (broad SMARTS) is 1. The van der Waals surface area contributed by atoms with Gasteiger partial charge in [-0.15, -0.1) is 0 Å². The van der Waals surface area contributed by atoms with Gasteiger partial charge in [-0.2, -0.15) is 5.26 Å². The lowest BCUT2D eigenvalue weighted by Crippen LogP contribution is -1.93. The quantitative estimate of drug-likeness (QED) is 0.762. The molecule has 1 aromatic carbocycles. The molecule has 2 aromatic rings. The van der Waals surface area contributed by atoms with Gasteiger partial charge < -0.3 is 9.67 Å². The summed E-state index contributed by atoms with van der Waals surface area (Å²) in [5.74, 6) is -0.976. The molecule has 1 N–H and O–H groups in total. The molecule has 0 unspecified atom stereocenters. The molecule has 0 spiro atoms. The van der Waals surface area contributed by atoms with Crippen LogP contribution >= 0.6 is 0 Å². The Bertz CT molecular complexity index is 590. The summed E-state index contributed by atoms with van der Waals surface area (Å²) in [6.07, 6.45) is 1.52. The second kappa shape index (κ2) is 3.14. The Hall–Kier alpha value is -2.28. The largest absolute Gasteiger partial charge is 0.478 e. The van der Waals surface area contributed by atoms with Crippen molar-refractivity contribution in [1.82, 2.24) is 4.57 Å². The Morgan fingerprint density at radius 1 is 1.53 bits per heavy atom. The number of fused-ring (bicyclic) bond motifs is 1. The first-order chi connectivity index (χ1) is 7.15. The number of hydrogen-bond donors (Lipinski definition) is 1. The molecule has 0 atom stereocenters. The maximum absolute atomic E-state index is 10.9. The van der Waals surface area contributed by atoms with Crippen LogP contribution in [0.4, 0.5) is 0 Å². The Morgan fingerprint density at radius 3 is 2.87 bits per heavy atom. The first-order valence-corrected chi connectivity index (χ1v) is 4.36. The number of benzene rings is 1. The summed E-state index contributed by atoms with van der Waals surface area (Å²) in [5, 5.41) is 18.5. The van der Waals surface area contributed by atoms with E-state index in [2.05, 4.69) is 0 Å². The maximum atomic E-state index is 10.9. The summed E-state index contributed by atoms with van der Waals surface area (Å²) in [5.41, 5.74) is 1.38. The topological polar surface area (TPSA) is 66.0 Å². The van der Waals surface area contributed by atoms with E-state index in [1.54, 1.807) is 29.8 Å². The number of aromatic carboxylic acids is 1. The fourth-order valence-electron chi connectivity index (χ4n) is 1.73. The molecule has 15 heavy (non-hydrogen) atoms. The molecule has 4 heteroatoms. The van der Waals surface area contributed by atoms with Crippen molar-refractivity contribution < 1.29 is 9.90 Å². The lowest BCUT2D eigenvalue weighted by molar-refractivity contribution is 0.0699. The number of hydrogen-bond acceptors (Lipinski definition) is 2. The first-order valence-electron chi connectivity index (χ1n) is 4.36. The smallest absolute Gasteiger partial charge is 0.337 e. The first kappa shape index (κ1) is 9.28. The molecule has 0 aliphatic carbocycles. The highest BCUT2D eigenvalue weighted by Gasteiger charge is 2.14. The predicted molar refractivity (Wildman–Crippen MR) is 54.6 cm³/mol. The summed E-state index contributed by atoms with van der Waals surface area (Å²) >= 11 is 0. The molecule has 4 nitrogen and oxygen atoms in total. The third-order valence-electron chi connectivity index (χ3n) is 2.35. The Labute approximate surface area is 86.0 Å². The van der Waals surface area contributed by atoms with Crippen molar-refractivity contribution in [3.05, 3.63) is 35.5 Å². The number of rotatable bonds is 1. The summed E-state index contributed by atoms with van der Waals surface area (Å²) < 4.78 is 1.66. The van der Waals surface area contributed by atoms with E-state index < -0.39 is 5.97 Å². The highest BCUT2D eigenvalue weighted by atomic mass is 16.4. The van der Waals surface area contributed by atoms with E-state index in [1.165, 1.54) is 6.20 Å². The number of aromatic nitrogens is 1. The van der Waals surface area contributed by atoms with Gasteiger partial charge >= 0.3 is 5.97 Å². The molecule has 0 bridgehead atoms. The van der Waals surface area contributed by atoms with Gasteiger partial charge in [0.05, 0.1) is 16.6 Å². The zero-order valence-electron chi connectivity index (χ0n) is 8.06. The van der Waals surface area contributed by atoms with Gasteiger partial charge in [0.2, 0.25) is 0 Å². The van der Waals surface area contributed by atoms with Crippen LogP contribution < -0.4 is 0 Å². The third kappa shape index (κ3) is 1.25. The molecule has 74 valence electrons. The molecular formula is C11H8N2O2. The molecular weight excluding hydrogens is 192 g/mol. The van der Waals surface area contributed by atoms with Crippen molar-refractivity contribution in [2.45, 2.75) is 0 Å². The molecule has 1 aromatic heterocycles. The van der Waals surface area contributed by atoms with Crippen molar-refractivity contribution >= 4 is 16.9 Å². The van der Waals surface area contributed by atoms with Gasteiger partial charge in [-0.05, 0) is 6.07 Å². The van der Waals surface area contributed by atoms with Crippen molar-refractivity contribution in [2.24, 2.45) is 7.05 Å². The van der Waals surface area contributed by atoms with Crippen molar-refractivity contribution in [2.75, 3.05) is 0 Å². The minimum absolute atomic E-state index is 0.226. The van der Waals surface area contributed by atoms with Crippen LogP contribution in [0.15, 0.2) is 24.4 Å². The van der Waals surface area contributed by atoms with Crippen LogP contribution in [0, 0.1) is 11.3 Å². The van der Waals surface area contributed by atoms with Crippen molar-refractivity contribution in [1.29, 1.82) is 5.26 Å². The third-order valence-corrected chi connectivity index (χ3v) is 2.35. The lowest BCUT2D eigenvalue weighted by Gasteiger charge is -1.97. The molecule has 0 aliphatic heterocycles. The summed E-state index contributed by atoms with van der Waals surface area (Å²) in [6.45, 7) is 0. The Kier molecular flexibility index (Phi) is 1.94.